The molecule has 0 bridgehead atoms. The minimum Gasteiger partial charge on any atom is -0.379 e. The second-order valence-electron chi connectivity index (χ2n) is 5.82. The molecule has 1 fully saturated rings. The van der Waals surface area contributed by atoms with Gasteiger partial charge in [-0.05, 0) is 18.2 Å². The fourth-order valence-electron chi connectivity index (χ4n) is 2.71. The Bertz CT molecular complexity index is 759. The van der Waals surface area contributed by atoms with Crippen LogP contribution in [0.15, 0.2) is 48.5 Å². The molecule has 25 heavy (non-hydrogen) atoms. The molecule has 3 rings (SSSR count). The number of nitrogens with zero attached hydrogens (tertiary/aromatic N) is 1. The molecule has 0 unspecified atom stereocenters. The van der Waals surface area contributed by atoms with Crippen molar-refractivity contribution >= 4 is 29.0 Å². The van der Waals surface area contributed by atoms with Gasteiger partial charge in [0.05, 0.1) is 25.4 Å². The van der Waals surface area contributed by atoms with E-state index < -0.39 is 0 Å². The lowest BCUT2D eigenvalue weighted by atomic mass is 10.0. The van der Waals surface area contributed by atoms with Crippen molar-refractivity contribution in [2.45, 2.75) is 0 Å². The first-order valence-corrected chi connectivity index (χ1v) is 8.50. The zero-order valence-electron chi connectivity index (χ0n) is 13.7. The van der Waals surface area contributed by atoms with Crippen molar-refractivity contribution in [1.82, 2.24) is 4.90 Å². The number of ether oxygens (including phenoxy) is 1. The Kier molecular flexibility index (Phi) is 5.81. The Morgan fingerprint density at radius 3 is 2.52 bits per heavy atom. The fraction of sp³-hybridized carbons (Fsp3) is 0.263. The zero-order valence-corrected chi connectivity index (χ0v) is 14.5. The molecular weight excluding hydrogens is 340 g/mol. The predicted molar refractivity (Wildman–Crippen MR) is 97.2 cm³/mol. The molecule has 5 nitrogen and oxygen atoms in total. The molecule has 1 aliphatic heterocycles. The van der Waals surface area contributed by atoms with E-state index >= 15 is 0 Å². The fourth-order valence-corrected chi connectivity index (χ4v) is 2.88. The summed E-state index contributed by atoms with van der Waals surface area (Å²) in [6, 6.07) is 13.8. The number of carbonyl (C=O) groups excluding carboxylic acids is 2. The van der Waals surface area contributed by atoms with Gasteiger partial charge in [-0.2, -0.15) is 0 Å². The van der Waals surface area contributed by atoms with Crippen LogP contribution in [0.25, 0.3) is 0 Å². The molecule has 0 radical (unpaired) electrons. The molecule has 1 N–H and O–H groups in total. The summed E-state index contributed by atoms with van der Waals surface area (Å²) in [6.07, 6.45) is 0. The highest BCUT2D eigenvalue weighted by Gasteiger charge is 2.18. The molecule has 0 aromatic heterocycles. The molecule has 0 aliphatic carbocycles. The number of rotatable bonds is 5. The third-order valence-electron chi connectivity index (χ3n) is 4.01. The molecule has 1 amide bonds. The summed E-state index contributed by atoms with van der Waals surface area (Å²) in [5, 5.41) is 3.28. The summed E-state index contributed by atoms with van der Waals surface area (Å²) in [6.45, 7) is 2.98. The average molecular weight is 359 g/mol. The van der Waals surface area contributed by atoms with Gasteiger partial charge in [-0.15, -0.1) is 0 Å². The van der Waals surface area contributed by atoms with Crippen LogP contribution in [0, 0.1) is 0 Å². The first kappa shape index (κ1) is 17.6. The number of anilines is 1. The molecule has 2 aromatic carbocycles. The van der Waals surface area contributed by atoms with Crippen molar-refractivity contribution in [1.29, 1.82) is 0 Å². The van der Waals surface area contributed by atoms with E-state index in [0.717, 1.165) is 13.1 Å². The van der Waals surface area contributed by atoms with E-state index in [2.05, 4.69) is 5.32 Å². The number of ketones is 1. The minimum atomic E-state index is -0.176. The minimum absolute atomic E-state index is 0.161. The molecule has 1 saturated heterocycles. The van der Waals surface area contributed by atoms with Gasteiger partial charge in [-0.25, -0.2) is 0 Å². The maximum Gasteiger partial charge on any atom is 0.238 e. The molecule has 130 valence electrons. The van der Waals surface area contributed by atoms with Gasteiger partial charge in [-0.1, -0.05) is 41.9 Å². The van der Waals surface area contributed by atoms with Crippen LogP contribution in [-0.2, 0) is 9.53 Å². The van der Waals surface area contributed by atoms with Crippen molar-refractivity contribution < 1.29 is 14.3 Å². The largest absolute Gasteiger partial charge is 0.379 e. The van der Waals surface area contributed by atoms with Crippen LogP contribution in [-0.4, -0.2) is 49.4 Å². The van der Waals surface area contributed by atoms with Gasteiger partial charge >= 0.3 is 0 Å². The number of halogens is 1. The smallest absolute Gasteiger partial charge is 0.238 e. The number of hydrogen-bond acceptors (Lipinski definition) is 4. The van der Waals surface area contributed by atoms with Crippen molar-refractivity contribution in [2.24, 2.45) is 0 Å². The highest BCUT2D eigenvalue weighted by atomic mass is 35.5. The van der Waals surface area contributed by atoms with E-state index in [-0.39, 0.29) is 18.2 Å². The SMILES string of the molecule is O=C(CN1CCOCC1)Nc1ccc(Cl)cc1C(=O)c1ccccc1. The van der Waals surface area contributed by atoms with Gasteiger partial charge in [-0.3, -0.25) is 14.5 Å². The third kappa shape index (κ3) is 4.66. The maximum atomic E-state index is 12.8. The van der Waals surface area contributed by atoms with Crippen LogP contribution >= 0.6 is 11.6 Å². The second kappa shape index (κ2) is 8.25. The molecular formula is C19H19ClN2O3. The topological polar surface area (TPSA) is 58.6 Å². The van der Waals surface area contributed by atoms with Gasteiger partial charge in [0.15, 0.2) is 5.78 Å². The van der Waals surface area contributed by atoms with Crippen LogP contribution in [0.2, 0.25) is 5.02 Å². The van der Waals surface area contributed by atoms with Gasteiger partial charge in [0.25, 0.3) is 0 Å². The highest BCUT2D eigenvalue weighted by Crippen LogP contribution is 2.23. The Hall–Kier alpha value is -2.21. The summed E-state index contributed by atoms with van der Waals surface area (Å²) in [5.74, 6) is -0.337. The number of amides is 1. The molecule has 0 spiro atoms. The molecule has 0 saturated carbocycles. The third-order valence-corrected chi connectivity index (χ3v) is 4.24. The Morgan fingerprint density at radius 2 is 1.80 bits per heavy atom. The summed E-state index contributed by atoms with van der Waals surface area (Å²) < 4.78 is 5.28. The van der Waals surface area contributed by atoms with Crippen molar-refractivity contribution in [3.05, 3.63) is 64.7 Å². The van der Waals surface area contributed by atoms with Crippen molar-refractivity contribution in [2.75, 3.05) is 38.2 Å². The van der Waals surface area contributed by atoms with E-state index in [1.54, 1.807) is 42.5 Å². The van der Waals surface area contributed by atoms with Crippen LogP contribution in [0.3, 0.4) is 0 Å². The lowest BCUT2D eigenvalue weighted by molar-refractivity contribution is -0.118. The summed E-state index contributed by atoms with van der Waals surface area (Å²) in [7, 11) is 0. The monoisotopic (exact) mass is 358 g/mol. The molecule has 1 heterocycles. The number of morpholine rings is 1. The van der Waals surface area contributed by atoms with E-state index in [1.165, 1.54) is 0 Å². The molecule has 2 aromatic rings. The van der Waals surface area contributed by atoms with Gasteiger partial charge in [0.2, 0.25) is 5.91 Å². The number of benzene rings is 2. The number of nitrogens with one attached hydrogen (secondary N) is 1. The van der Waals surface area contributed by atoms with Crippen molar-refractivity contribution in [3.8, 4) is 0 Å². The average Bonchev–Trinajstić information content (AvgIpc) is 2.64. The number of hydrogen-bond donors (Lipinski definition) is 1. The van der Waals surface area contributed by atoms with Gasteiger partial charge < -0.3 is 10.1 Å². The van der Waals surface area contributed by atoms with E-state index in [4.69, 9.17) is 16.3 Å². The Balaban J connectivity index is 1.77. The Labute approximate surface area is 151 Å². The standard InChI is InChI=1S/C19H19ClN2O3/c20-15-6-7-17(21-18(23)13-22-8-10-25-11-9-22)16(12-15)19(24)14-4-2-1-3-5-14/h1-7,12H,8-11,13H2,(H,21,23). The highest BCUT2D eigenvalue weighted by molar-refractivity contribution is 6.31. The molecule has 1 aliphatic rings. The first-order valence-electron chi connectivity index (χ1n) is 8.13. The van der Waals surface area contributed by atoms with E-state index in [9.17, 15) is 9.59 Å². The van der Waals surface area contributed by atoms with Crippen LogP contribution in [0.4, 0.5) is 5.69 Å². The Morgan fingerprint density at radius 1 is 1.08 bits per heavy atom. The quantitative estimate of drug-likeness (QED) is 0.835. The molecule has 6 heteroatoms. The van der Waals surface area contributed by atoms with E-state index in [1.807, 2.05) is 11.0 Å². The summed E-state index contributed by atoms with van der Waals surface area (Å²) in [4.78, 5) is 27.1. The van der Waals surface area contributed by atoms with Crippen molar-refractivity contribution in [3.63, 3.8) is 0 Å². The van der Waals surface area contributed by atoms with Crippen LogP contribution < -0.4 is 5.32 Å². The number of carbonyl (C=O) groups is 2. The van der Waals surface area contributed by atoms with E-state index in [0.29, 0.717) is 35.1 Å². The van der Waals surface area contributed by atoms with Crippen LogP contribution in [0.1, 0.15) is 15.9 Å². The summed E-state index contributed by atoms with van der Waals surface area (Å²) in [5.41, 5.74) is 1.40. The van der Waals surface area contributed by atoms with Crippen LogP contribution in [0.5, 0.6) is 0 Å². The maximum absolute atomic E-state index is 12.8. The lowest BCUT2D eigenvalue weighted by Gasteiger charge is -2.26. The normalized spacial score (nSPS) is 14.9. The van der Waals surface area contributed by atoms with Gasteiger partial charge in [0.1, 0.15) is 0 Å². The second-order valence-corrected chi connectivity index (χ2v) is 6.26. The lowest BCUT2D eigenvalue weighted by Crippen LogP contribution is -2.41. The van der Waals surface area contributed by atoms with Gasteiger partial charge in [0, 0.05) is 29.2 Å². The molecule has 0 atom stereocenters. The summed E-state index contributed by atoms with van der Waals surface area (Å²) >= 11 is 6.05. The zero-order chi connectivity index (χ0) is 17.6. The first-order chi connectivity index (χ1) is 12.1. The predicted octanol–water partition coefficient (Wildman–Crippen LogP) is 2.84.